The molecule has 0 spiro atoms. The maximum Gasteiger partial charge on any atom is 0.451 e. The van der Waals surface area contributed by atoms with Crippen molar-refractivity contribution in [2.75, 3.05) is 12.4 Å². The quantitative estimate of drug-likeness (QED) is 0.319. The normalized spacial score (nSPS) is 12.8. The van der Waals surface area contributed by atoms with Crippen LogP contribution in [0.5, 0.6) is 5.75 Å². The van der Waals surface area contributed by atoms with Gasteiger partial charge in [-0.05, 0) is 26.0 Å². The summed E-state index contributed by atoms with van der Waals surface area (Å²) in [6.45, 7) is 3.40. The Balaban J connectivity index is 1.33. The second kappa shape index (κ2) is 10.4. The molecule has 0 aromatic carbocycles. The molecule has 1 N–H and O–H groups in total. The molecule has 0 atom stereocenters. The lowest BCUT2D eigenvalue weighted by molar-refractivity contribution is -0.145. The number of rotatable bonds is 5. The number of nitrogens with one attached hydrogen (secondary N) is 1. The predicted molar refractivity (Wildman–Crippen MR) is 139 cm³/mol. The zero-order valence-corrected chi connectivity index (χ0v) is 22.7. The number of ether oxygens (including phenoxy) is 1. The molecule has 0 fully saturated rings. The van der Waals surface area contributed by atoms with Gasteiger partial charge < -0.3 is 9.64 Å². The molecular weight excluding hydrogens is 571 g/mol. The van der Waals surface area contributed by atoms with Crippen LogP contribution in [0, 0.1) is 13.8 Å². The maximum atomic E-state index is 13.3. The summed E-state index contributed by atoms with van der Waals surface area (Å²) in [5.41, 5.74) is 2.52. The van der Waals surface area contributed by atoms with Crippen LogP contribution in [0.1, 0.15) is 48.5 Å². The molecule has 0 aliphatic carbocycles. The lowest BCUT2D eigenvalue weighted by atomic mass is 10.0. The van der Waals surface area contributed by atoms with Crippen LogP contribution < -0.4 is 10.1 Å². The Bertz CT molecular complexity index is 1640. The summed E-state index contributed by atoms with van der Waals surface area (Å²) < 4.78 is 44.0. The fraction of sp³-hybridized carbons (Fsp3) is 0.240. The Hall–Kier alpha value is -4.17. The number of thiazole rings is 1. The van der Waals surface area contributed by atoms with Crippen LogP contribution in [0.25, 0.3) is 11.1 Å². The van der Waals surface area contributed by atoms with Crippen molar-refractivity contribution >= 4 is 39.9 Å². The number of pyridine rings is 2. The van der Waals surface area contributed by atoms with E-state index in [0.29, 0.717) is 33.4 Å². The number of fused-ring (bicyclic) bond motifs is 1. The summed E-state index contributed by atoms with van der Waals surface area (Å²) in [5, 5.41) is 3.33. The third-order valence-electron chi connectivity index (χ3n) is 6.05. The molecule has 0 bridgehead atoms. The Kier molecular flexibility index (Phi) is 7.14. The third kappa shape index (κ3) is 5.31. The van der Waals surface area contributed by atoms with Crippen LogP contribution in [0.4, 0.5) is 18.3 Å². The van der Waals surface area contributed by atoms with Gasteiger partial charge in [-0.2, -0.15) is 13.2 Å². The van der Waals surface area contributed by atoms with Crippen LogP contribution >= 0.6 is 22.9 Å². The van der Waals surface area contributed by atoms with Gasteiger partial charge in [-0.1, -0.05) is 22.9 Å². The number of aromatic nitrogens is 5. The molecule has 5 rings (SSSR count). The van der Waals surface area contributed by atoms with E-state index in [1.807, 2.05) is 0 Å². The Morgan fingerprint density at radius 2 is 1.77 bits per heavy atom. The van der Waals surface area contributed by atoms with Crippen molar-refractivity contribution in [1.82, 2.24) is 29.8 Å². The molecule has 10 nitrogen and oxygen atoms in total. The largest absolute Gasteiger partial charge is 0.494 e. The van der Waals surface area contributed by atoms with Gasteiger partial charge in [0.25, 0.3) is 11.8 Å². The molecule has 2 amide bonds. The monoisotopic (exact) mass is 589 g/mol. The number of hydrogen-bond donors (Lipinski definition) is 1. The highest BCUT2D eigenvalue weighted by atomic mass is 35.5. The zero-order valence-electron chi connectivity index (χ0n) is 21.1. The maximum absolute atomic E-state index is 13.3. The summed E-state index contributed by atoms with van der Waals surface area (Å²) in [4.78, 5) is 47.9. The van der Waals surface area contributed by atoms with Gasteiger partial charge in [0.1, 0.15) is 10.9 Å². The minimum absolute atomic E-state index is 0.0253. The number of nitrogens with zero attached hydrogens (tertiary/aromatic N) is 6. The topological polar surface area (TPSA) is 123 Å². The highest BCUT2D eigenvalue weighted by Gasteiger charge is 2.36. The van der Waals surface area contributed by atoms with Crippen molar-refractivity contribution in [2.45, 2.75) is 33.1 Å². The van der Waals surface area contributed by atoms with E-state index in [2.05, 4.69) is 30.2 Å². The van der Waals surface area contributed by atoms with E-state index < -0.39 is 23.8 Å². The lowest BCUT2D eigenvalue weighted by Gasteiger charge is -2.17. The van der Waals surface area contributed by atoms with Crippen LogP contribution in [0.2, 0.25) is 5.15 Å². The third-order valence-corrected chi connectivity index (χ3v) is 7.26. The van der Waals surface area contributed by atoms with Crippen molar-refractivity contribution in [3.63, 3.8) is 0 Å². The number of hydrogen-bond acceptors (Lipinski definition) is 9. The van der Waals surface area contributed by atoms with E-state index in [-0.39, 0.29) is 35.1 Å². The zero-order chi connectivity index (χ0) is 28.8. The molecule has 0 saturated carbocycles. The molecule has 0 saturated heterocycles. The van der Waals surface area contributed by atoms with Gasteiger partial charge in [0.2, 0.25) is 5.82 Å². The van der Waals surface area contributed by atoms with E-state index in [0.717, 1.165) is 11.1 Å². The van der Waals surface area contributed by atoms with Crippen LogP contribution in [0.15, 0.2) is 30.7 Å². The molecule has 4 aromatic rings. The molecule has 15 heteroatoms. The predicted octanol–water partition coefficient (Wildman–Crippen LogP) is 5.10. The van der Waals surface area contributed by atoms with Gasteiger partial charge in [-0.15, -0.1) is 0 Å². The standard InChI is InChI=1S/C25H19ClF3N7O3S/c1-11-4-13(14-5-20(26)31-8-18(14)39-3)16(7-30-11)21(37)35-24-34-17-9-36(10-19(17)40-24)22(38)15-6-32-23(25(27,28)29)33-12(15)2/h4-8H,9-10H2,1-3H3,(H,34,35,37). The second-order valence-corrected chi connectivity index (χ2v) is 10.2. The van der Waals surface area contributed by atoms with Crippen LogP contribution in [0.3, 0.4) is 0 Å². The number of carbonyl (C=O) groups excluding carboxylic acids is 2. The molecule has 206 valence electrons. The highest BCUT2D eigenvalue weighted by molar-refractivity contribution is 7.16. The van der Waals surface area contributed by atoms with E-state index in [1.165, 1.54) is 42.7 Å². The van der Waals surface area contributed by atoms with Gasteiger partial charge in [0.05, 0.1) is 53.8 Å². The molecule has 5 heterocycles. The van der Waals surface area contributed by atoms with E-state index in [9.17, 15) is 22.8 Å². The van der Waals surface area contributed by atoms with E-state index >= 15 is 0 Å². The summed E-state index contributed by atoms with van der Waals surface area (Å²) in [6, 6.07) is 3.33. The number of aryl methyl sites for hydroxylation is 2. The van der Waals surface area contributed by atoms with Crippen molar-refractivity contribution < 1.29 is 27.5 Å². The Morgan fingerprint density at radius 3 is 2.45 bits per heavy atom. The summed E-state index contributed by atoms with van der Waals surface area (Å²) in [7, 11) is 1.49. The average Bonchev–Trinajstić information content (AvgIpc) is 3.46. The number of alkyl halides is 3. The molecule has 0 radical (unpaired) electrons. The number of halogens is 4. The van der Waals surface area contributed by atoms with Crippen molar-refractivity contribution in [3.8, 4) is 16.9 Å². The summed E-state index contributed by atoms with van der Waals surface area (Å²) in [6.07, 6.45) is -0.908. The van der Waals surface area contributed by atoms with E-state index in [4.69, 9.17) is 16.3 Å². The Morgan fingerprint density at radius 1 is 1.02 bits per heavy atom. The lowest BCUT2D eigenvalue weighted by Crippen LogP contribution is -2.27. The van der Waals surface area contributed by atoms with Crippen molar-refractivity contribution in [2.24, 2.45) is 0 Å². The van der Waals surface area contributed by atoms with Gasteiger partial charge in [-0.3, -0.25) is 19.9 Å². The van der Waals surface area contributed by atoms with E-state index in [1.54, 1.807) is 19.1 Å². The molecule has 1 aliphatic heterocycles. The minimum atomic E-state index is -4.71. The second-order valence-electron chi connectivity index (χ2n) is 8.77. The highest BCUT2D eigenvalue weighted by Crippen LogP contribution is 2.36. The fourth-order valence-corrected chi connectivity index (χ4v) is 5.28. The first-order valence-electron chi connectivity index (χ1n) is 11.6. The molecule has 0 unspecified atom stereocenters. The number of anilines is 1. The molecule has 40 heavy (non-hydrogen) atoms. The summed E-state index contributed by atoms with van der Waals surface area (Å²) >= 11 is 7.30. The smallest absolute Gasteiger partial charge is 0.451 e. The first kappa shape index (κ1) is 27.4. The molecular formula is C25H19ClF3N7O3S. The SMILES string of the molecule is COc1cnc(Cl)cc1-c1cc(C)ncc1C(=O)Nc1nc2c(s1)CN(C(=O)c1cnc(C(F)(F)F)nc1C)C2. The van der Waals surface area contributed by atoms with Crippen molar-refractivity contribution in [1.29, 1.82) is 0 Å². The number of methoxy groups -OCH3 is 1. The molecule has 4 aromatic heterocycles. The van der Waals surface area contributed by atoms with Gasteiger partial charge in [-0.25, -0.2) is 19.9 Å². The first-order chi connectivity index (χ1) is 18.9. The van der Waals surface area contributed by atoms with Crippen molar-refractivity contribution in [3.05, 3.63) is 74.8 Å². The van der Waals surface area contributed by atoms with Gasteiger partial charge in [0.15, 0.2) is 5.13 Å². The number of carbonyl (C=O) groups is 2. The fourth-order valence-electron chi connectivity index (χ4n) is 4.14. The molecule has 1 aliphatic rings. The Labute approximate surface area is 234 Å². The van der Waals surface area contributed by atoms with Crippen LogP contribution in [-0.2, 0) is 19.3 Å². The summed E-state index contributed by atoms with van der Waals surface area (Å²) in [5.74, 6) is -1.85. The minimum Gasteiger partial charge on any atom is -0.494 e. The van der Waals surface area contributed by atoms with Crippen LogP contribution in [-0.4, -0.2) is 48.7 Å². The van der Waals surface area contributed by atoms with Gasteiger partial charge >= 0.3 is 6.18 Å². The average molecular weight is 590 g/mol. The van der Waals surface area contributed by atoms with Gasteiger partial charge in [0, 0.05) is 29.2 Å². The first-order valence-corrected chi connectivity index (χ1v) is 12.8. The number of amides is 2.